The van der Waals surface area contributed by atoms with Gasteiger partial charge in [-0.05, 0) is 12.8 Å². The molecule has 0 bridgehead atoms. The number of hydrogen-bond donors (Lipinski definition) is 1. The van der Waals surface area contributed by atoms with Gasteiger partial charge in [0.15, 0.2) is 0 Å². The Morgan fingerprint density at radius 1 is 1.19 bits per heavy atom. The van der Waals surface area contributed by atoms with Gasteiger partial charge in [0.25, 0.3) is 0 Å². The maximum atomic E-state index is 11.9. The number of rotatable bonds is 2. The first kappa shape index (κ1) is 13.0. The van der Waals surface area contributed by atoms with Crippen molar-refractivity contribution in [1.29, 1.82) is 0 Å². The molecule has 0 aromatic carbocycles. The molecule has 1 saturated heterocycles. The second-order valence-electron chi connectivity index (χ2n) is 4.20. The summed E-state index contributed by atoms with van der Waals surface area (Å²) in [5, 5.41) is 0. The normalized spacial score (nSPS) is 19.2. The lowest BCUT2D eigenvalue weighted by molar-refractivity contribution is -0.133. The highest BCUT2D eigenvalue weighted by molar-refractivity contribution is 5.81. The predicted octanol–water partition coefficient (Wildman–Crippen LogP) is -0.195. The van der Waals surface area contributed by atoms with Gasteiger partial charge in [-0.2, -0.15) is 0 Å². The highest BCUT2D eigenvalue weighted by Crippen LogP contribution is 2.05. The van der Waals surface area contributed by atoms with Crippen molar-refractivity contribution in [3.05, 3.63) is 0 Å². The minimum Gasteiger partial charge on any atom is -0.341 e. The van der Waals surface area contributed by atoms with Gasteiger partial charge in [-0.25, -0.2) is 0 Å². The fourth-order valence-corrected chi connectivity index (χ4v) is 1.86. The molecular weight excluding hydrogens is 206 g/mol. The van der Waals surface area contributed by atoms with Gasteiger partial charge in [0.05, 0.1) is 6.04 Å². The van der Waals surface area contributed by atoms with Gasteiger partial charge >= 0.3 is 0 Å². The maximum Gasteiger partial charge on any atom is 0.239 e. The van der Waals surface area contributed by atoms with Crippen molar-refractivity contribution >= 4 is 11.8 Å². The Hall–Kier alpha value is -1.10. The number of nitrogens with zero attached hydrogens (tertiary/aromatic N) is 2. The van der Waals surface area contributed by atoms with Crippen LogP contribution in [0.15, 0.2) is 0 Å². The average Bonchev–Trinajstić information content (AvgIpc) is 2.52. The van der Waals surface area contributed by atoms with Gasteiger partial charge < -0.3 is 15.5 Å². The topological polar surface area (TPSA) is 66.6 Å². The number of nitrogens with two attached hydrogens (primary N) is 1. The van der Waals surface area contributed by atoms with Crippen LogP contribution < -0.4 is 5.73 Å². The van der Waals surface area contributed by atoms with Crippen LogP contribution in [0, 0.1) is 0 Å². The Labute approximate surface area is 96.6 Å². The zero-order chi connectivity index (χ0) is 12.1. The van der Waals surface area contributed by atoms with Crippen molar-refractivity contribution in [2.75, 3.05) is 26.2 Å². The summed E-state index contributed by atoms with van der Waals surface area (Å²) in [6.45, 7) is 6.14. The summed E-state index contributed by atoms with van der Waals surface area (Å²) in [6.07, 6.45) is 1.49. The van der Waals surface area contributed by atoms with E-state index >= 15 is 0 Å². The molecule has 0 aromatic heterocycles. The molecule has 1 fully saturated rings. The molecule has 0 aliphatic carbocycles. The van der Waals surface area contributed by atoms with Crippen LogP contribution in [0.5, 0.6) is 0 Å². The van der Waals surface area contributed by atoms with Crippen molar-refractivity contribution in [3.63, 3.8) is 0 Å². The molecule has 2 amide bonds. The first-order valence-corrected chi connectivity index (χ1v) is 5.86. The summed E-state index contributed by atoms with van der Waals surface area (Å²) in [7, 11) is 0. The third kappa shape index (κ3) is 3.20. The molecule has 0 radical (unpaired) electrons. The molecule has 5 nitrogen and oxygen atoms in total. The average molecular weight is 227 g/mol. The van der Waals surface area contributed by atoms with E-state index in [-0.39, 0.29) is 11.8 Å². The standard InChI is InChI=1S/C11H21N3O2/c1-3-10(12)11(16)14-6-4-5-13(7-8-14)9(2)15/h10H,3-8,12H2,1-2H3. The molecule has 92 valence electrons. The van der Waals surface area contributed by atoms with Crippen LogP contribution in [0.2, 0.25) is 0 Å². The van der Waals surface area contributed by atoms with E-state index in [9.17, 15) is 9.59 Å². The van der Waals surface area contributed by atoms with Gasteiger partial charge in [0, 0.05) is 33.1 Å². The van der Waals surface area contributed by atoms with Gasteiger partial charge in [0.2, 0.25) is 11.8 Å². The van der Waals surface area contributed by atoms with Crippen LogP contribution in [0.1, 0.15) is 26.7 Å². The molecule has 1 rings (SSSR count). The third-order valence-electron chi connectivity index (χ3n) is 3.01. The van der Waals surface area contributed by atoms with Crippen LogP contribution in [0.3, 0.4) is 0 Å². The summed E-state index contributed by atoms with van der Waals surface area (Å²) >= 11 is 0. The fourth-order valence-electron chi connectivity index (χ4n) is 1.86. The van der Waals surface area contributed by atoms with E-state index in [1.54, 1.807) is 16.7 Å². The number of hydrogen-bond acceptors (Lipinski definition) is 3. The lowest BCUT2D eigenvalue weighted by Crippen LogP contribution is -2.45. The van der Waals surface area contributed by atoms with Crippen molar-refractivity contribution in [1.82, 2.24) is 9.80 Å². The van der Waals surface area contributed by atoms with E-state index in [0.717, 1.165) is 13.0 Å². The zero-order valence-electron chi connectivity index (χ0n) is 10.1. The van der Waals surface area contributed by atoms with Crippen molar-refractivity contribution in [2.24, 2.45) is 5.73 Å². The molecule has 1 aliphatic rings. The Kier molecular flexibility index (Phi) is 4.73. The SMILES string of the molecule is CCC(N)C(=O)N1CCCN(C(C)=O)CC1. The van der Waals surface area contributed by atoms with E-state index in [1.165, 1.54) is 0 Å². The molecule has 5 heteroatoms. The highest BCUT2D eigenvalue weighted by Gasteiger charge is 2.23. The van der Waals surface area contributed by atoms with E-state index in [4.69, 9.17) is 5.73 Å². The van der Waals surface area contributed by atoms with Gasteiger partial charge in [-0.1, -0.05) is 6.92 Å². The minimum atomic E-state index is -0.399. The monoisotopic (exact) mass is 227 g/mol. The Morgan fingerprint density at radius 3 is 2.31 bits per heavy atom. The van der Waals surface area contributed by atoms with Crippen molar-refractivity contribution < 1.29 is 9.59 Å². The fraction of sp³-hybridized carbons (Fsp3) is 0.818. The summed E-state index contributed by atoms with van der Waals surface area (Å²) in [4.78, 5) is 26.6. The van der Waals surface area contributed by atoms with Gasteiger partial charge in [0.1, 0.15) is 0 Å². The van der Waals surface area contributed by atoms with Crippen molar-refractivity contribution in [3.8, 4) is 0 Å². The number of carbonyl (C=O) groups is 2. The number of carbonyl (C=O) groups excluding carboxylic acids is 2. The lowest BCUT2D eigenvalue weighted by atomic mass is 10.2. The quantitative estimate of drug-likeness (QED) is 0.710. The molecule has 2 N–H and O–H groups in total. The molecule has 0 spiro atoms. The smallest absolute Gasteiger partial charge is 0.239 e. The summed E-state index contributed by atoms with van der Waals surface area (Å²) in [6, 6.07) is -0.399. The summed E-state index contributed by atoms with van der Waals surface area (Å²) < 4.78 is 0. The van der Waals surface area contributed by atoms with Crippen LogP contribution in [0.4, 0.5) is 0 Å². The minimum absolute atomic E-state index is 0.00732. The largest absolute Gasteiger partial charge is 0.341 e. The molecule has 0 saturated carbocycles. The molecule has 1 unspecified atom stereocenters. The molecule has 1 aliphatic heterocycles. The highest BCUT2D eigenvalue weighted by atomic mass is 16.2. The second kappa shape index (κ2) is 5.84. The molecule has 0 aromatic rings. The lowest BCUT2D eigenvalue weighted by Gasteiger charge is -2.23. The van der Waals surface area contributed by atoms with Gasteiger partial charge in [-0.15, -0.1) is 0 Å². The molecule has 1 atom stereocenters. The molecule has 1 heterocycles. The summed E-state index contributed by atoms with van der Waals surface area (Å²) in [5.74, 6) is 0.0852. The third-order valence-corrected chi connectivity index (χ3v) is 3.01. The van der Waals surface area contributed by atoms with Crippen LogP contribution in [0.25, 0.3) is 0 Å². The predicted molar refractivity (Wildman–Crippen MR) is 61.7 cm³/mol. The van der Waals surface area contributed by atoms with Crippen molar-refractivity contribution in [2.45, 2.75) is 32.7 Å². The maximum absolute atomic E-state index is 11.9. The van der Waals surface area contributed by atoms with E-state index in [2.05, 4.69) is 0 Å². The van der Waals surface area contributed by atoms with Crippen LogP contribution >= 0.6 is 0 Å². The van der Waals surface area contributed by atoms with Gasteiger partial charge in [-0.3, -0.25) is 9.59 Å². The van der Waals surface area contributed by atoms with E-state index < -0.39 is 6.04 Å². The Morgan fingerprint density at radius 2 is 1.75 bits per heavy atom. The number of amides is 2. The molecular formula is C11H21N3O2. The summed E-state index contributed by atoms with van der Waals surface area (Å²) in [5.41, 5.74) is 5.72. The van der Waals surface area contributed by atoms with E-state index in [0.29, 0.717) is 26.1 Å². The zero-order valence-corrected chi connectivity index (χ0v) is 10.1. The van der Waals surface area contributed by atoms with Crippen LogP contribution in [-0.2, 0) is 9.59 Å². The van der Waals surface area contributed by atoms with E-state index in [1.807, 2.05) is 6.92 Å². The Bertz CT molecular complexity index is 268. The second-order valence-corrected chi connectivity index (χ2v) is 4.20. The Balaban J connectivity index is 2.53. The first-order chi connectivity index (χ1) is 7.56. The first-order valence-electron chi connectivity index (χ1n) is 5.86. The van der Waals surface area contributed by atoms with Crippen LogP contribution in [-0.4, -0.2) is 53.8 Å². The molecule has 16 heavy (non-hydrogen) atoms.